The van der Waals surface area contributed by atoms with Crippen LogP contribution in [0.4, 0.5) is 8.22 Å². The summed E-state index contributed by atoms with van der Waals surface area (Å²) in [6.45, 7) is 9.39. The summed E-state index contributed by atoms with van der Waals surface area (Å²) in [7, 11) is -4.56. The van der Waals surface area contributed by atoms with Crippen LogP contribution in [0.25, 0.3) is 4.85 Å². The number of rotatable bonds is 4. The molecule has 1 unspecified atom stereocenters. The molecule has 0 aliphatic heterocycles. The Morgan fingerprint density at radius 3 is 2.38 bits per heavy atom. The second-order valence-corrected chi connectivity index (χ2v) is 5.82. The lowest BCUT2D eigenvalue weighted by molar-refractivity contribution is 0.473. The van der Waals surface area contributed by atoms with Gasteiger partial charge in [0.05, 0.1) is 6.07 Å². The Labute approximate surface area is 78.3 Å². The van der Waals surface area contributed by atoms with Gasteiger partial charge >= 0.3 is 8.74 Å². The molecule has 0 aromatic carbocycles. The summed E-state index contributed by atoms with van der Waals surface area (Å²) in [4.78, 5) is 3.01. The highest BCUT2D eigenvalue weighted by atomic mass is 28.4. The fourth-order valence-electron chi connectivity index (χ4n) is 1.20. The van der Waals surface area contributed by atoms with E-state index < -0.39 is 13.9 Å². The maximum Gasteiger partial charge on any atom is 0.509 e. The van der Waals surface area contributed by atoms with Gasteiger partial charge in [0.15, 0.2) is 0 Å². The van der Waals surface area contributed by atoms with Crippen molar-refractivity contribution < 1.29 is 8.22 Å². The molecule has 0 aromatic rings. The van der Waals surface area contributed by atoms with Gasteiger partial charge in [-0.1, -0.05) is 6.92 Å². The van der Waals surface area contributed by atoms with Gasteiger partial charge in [-0.15, -0.1) is 0 Å². The second kappa shape index (κ2) is 4.34. The van der Waals surface area contributed by atoms with Crippen molar-refractivity contribution >= 4 is 8.74 Å². The molecule has 0 bridgehead atoms. The quantitative estimate of drug-likeness (QED) is 0.391. The number of hydrogen-bond donors (Lipinski definition) is 0. The minimum atomic E-state index is -4.56. The topological polar surface area (TPSA) is 28.1 Å². The van der Waals surface area contributed by atoms with Crippen LogP contribution in [0.2, 0.25) is 6.55 Å². The number of nitriles is 1. The third kappa shape index (κ3) is 2.50. The van der Waals surface area contributed by atoms with Crippen LogP contribution in [0.5, 0.6) is 0 Å². The van der Waals surface area contributed by atoms with Gasteiger partial charge in [0.25, 0.3) is 5.16 Å². The van der Waals surface area contributed by atoms with E-state index in [0.717, 1.165) is 6.55 Å². The zero-order valence-electron chi connectivity index (χ0n) is 7.77. The smallest absolute Gasteiger partial charge is 0.307 e. The Balaban J connectivity index is 4.92. The predicted molar refractivity (Wildman–Crippen MR) is 48.3 cm³/mol. The van der Waals surface area contributed by atoms with Gasteiger partial charge in [-0.05, 0) is 13.0 Å². The van der Waals surface area contributed by atoms with E-state index in [1.165, 1.54) is 0 Å². The van der Waals surface area contributed by atoms with Gasteiger partial charge in [-0.25, -0.2) is 6.57 Å². The SMILES string of the molecule is [C-]#[N+]C(CC#N)(CCC)[Si](C)(F)F. The molecule has 0 aliphatic rings. The van der Waals surface area contributed by atoms with Crippen molar-refractivity contribution in [1.29, 1.82) is 5.26 Å². The highest BCUT2D eigenvalue weighted by Gasteiger charge is 2.60. The Morgan fingerprint density at radius 2 is 2.15 bits per heavy atom. The van der Waals surface area contributed by atoms with Crippen LogP contribution in [-0.4, -0.2) is 13.9 Å². The predicted octanol–water partition coefficient (Wildman–Crippen LogP) is 2.91. The van der Waals surface area contributed by atoms with Crippen molar-refractivity contribution in [3.8, 4) is 6.07 Å². The van der Waals surface area contributed by atoms with Gasteiger partial charge in [0, 0.05) is 6.42 Å². The van der Waals surface area contributed by atoms with E-state index in [9.17, 15) is 8.22 Å². The van der Waals surface area contributed by atoms with Gasteiger partial charge < -0.3 is 4.85 Å². The molecular weight excluding hydrogens is 190 g/mol. The van der Waals surface area contributed by atoms with E-state index in [4.69, 9.17) is 11.8 Å². The summed E-state index contributed by atoms with van der Waals surface area (Å²) >= 11 is 0. The first-order valence-electron chi connectivity index (χ1n) is 4.07. The van der Waals surface area contributed by atoms with Crippen LogP contribution in [-0.2, 0) is 0 Å². The molecule has 0 aromatic heterocycles. The van der Waals surface area contributed by atoms with Crippen molar-refractivity contribution in [2.24, 2.45) is 0 Å². The van der Waals surface area contributed by atoms with Gasteiger partial charge in [0.2, 0.25) is 0 Å². The van der Waals surface area contributed by atoms with E-state index in [0.29, 0.717) is 6.42 Å². The second-order valence-electron chi connectivity index (χ2n) is 3.12. The molecule has 0 radical (unpaired) electrons. The molecule has 0 saturated carbocycles. The van der Waals surface area contributed by atoms with Crippen molar-refractivity contribution in [2.75, 3.05) is 0 Å². The Morgan fingerprint density at radius 1 is 1.62 bits per heavy atom. The average molecular weight is 202 g/mol. The standard InChI is InChI=1S/C8H12F2N2Si/c1-4-5-8(12-2,6-7-11)13(3,9)10/h4-6H2,1,3H3. The monoisotopic (exact) mass is 202 g/mol. The molecule has 5 heteroatoms. The van der Waals surface area contributed by atoms with E-state index in [-0.39, 0.29) is 12.8 Å². The van der Waals surface area contributed by atoms with E-state index >= 15 is 0 Å². The van der Waals surface area contributed by atoms with Crippen LogP contribution in [0, 0.1) is 17.9 Å². The first-order chi connectivity index (χ1) is 5.93. The lowest BCUT2D eigenvalue weighted by Crippen LogP contribution is -2.47. The zero-order valence-corrected chi connectivity index (χ0v) is 8.77. The van der Waals surface area contributed by atoms with Crippen LogP contribution >= 0.6 is 0 Å². The lowest BCUT2D eigenvalue weighted by atomic mass is 10.1. The van der Waals surface area contributed by atoms with Crippen molar-refractivity contribution in [3.63, 3.8) is 0 Å². The molecule has 72 valence electrons. The van der Waals surface area contributed by atoms with Crippen LogP contribution in [0.1, 0.15) is 26.2 Å². The summed E-state index contributed by atoms with van der Waals surface area (Å²) in [6, 6.07) is 1.69. The Hall–Kier alpha value is -0.943. The van der Waals surface area contributed by atoms with Crippen LogP contribution in [0.15, 0.2) is 0 Å². The molecule has 0 heterocycles. The molecular formula is C8H12F2N2Si. The molecule has 0 spiro atoms. The number of halogens is 2. The third-order valence-corrected chi connectivity index (χ3v) is 4.24. The van der Waals surface area contributed by atoms with Gasteiger partial charge in [-0.3, -0.25) is 8.22 Å². The summed E-state index contributed by atoms with van der Waals surface area (Å²) in [6.07, 6.45) is 0.292. The molecule has 0 amide bonds. The molecule has 0 rings (SSSR count). The molecule has 0 saturated heterocycles. The minimum Gasteiger partial charge on any atom is -0.307 e. The molecule has 0 N–H and O–H groups in total. The third-order valence-electron chi connectivity index (χ3n) is 2.07. The van der Waals surface area contributed by atoms with E-state index in [1.54, 1.807) is 13.0 Å². The largest absolute Gasteiger partial charge is 0.509 e. The summed E-state index contributed by atoms with van der Waals surface area (Å²) < 4.78 is 26.4. The zero-order chi connectivity index (χ0) is 10.5. The fraction of sp³-hybridized carbons (Fsp3) is 0.750. The molecule has 13 heavy (non-hydrogen) atoms. The summed E-state index contributed by atoms with van der Waals surface area (Å²) in [5.41, 5.74) is 0. The van der Waals surface area contributed by atoms with Crippen molar-refractivity contribution in [2.45, 2.75) is 37.9 Å². The summed E-state index contributed by atoms with van der Waals surface area (Å²) in [5, 5.41) is 6.73. The van der Waals surface area contributed by atoms with Crippen molar-refractivity contribution in [1.82, 2.24) is 0 Å². The highest BCUT2D eigenvalue weighted by molar-refractivity contribution is 6.68. The van der Waals surface area contributed by atoms with Crippen LogP contribution in [0.3, 0.4) is 0 Å². The minimum absolute atomic E-state index is 0.125. The van der Waals surface area contributed by atoms with E-state index in [1.807, 2.05) is 0 Å². The van der Waals surface area contributed by atoms with E-state index in [2.05, 4.69) is 4.85 Å². The first-order valence-corrected chi connectivity index (χ1v) is 6.32. The lowest BCUT2D eigenvalue weighted by Gasteiger charge is -2.22. The molecule has 0 fully saturated rings. The molecule has 1 atom stereocenters. The highest BCUT2D eigenvalue weighted by Crippen LogP contribution is 2.35. The van der Waals surface area contributed by atoms with Gasteiger partial charge in [-0.2, -0.15) is 5.26 Å². The normalized spacial score (nSPS) is 15.5. The number of hydrogen-bond acceptors (Lipinski definition) is 1. The molecule has 0 aliphatic carbocycles. The maximum absolute atomic E-state index is 13.2. The van der Waals surface area contributed by atoms with Crippen molar-refractivity contribution in [3.05, 3.63) is 11.4 Å². The molecule has 2 nitrogen and oxygen atoms in total. The number of nitrogens with zero attached hydrogens (tertiary/aromatic N) is 2. The average Bonchev–Trinajstić information content (AvgIpc) is 2.02. The Bertz CT molecular complexity index is 248. The maximum atomic E-state index is 13.2. The fourth-order valence-corrected chi connectivity index (χ4v) is 2.48. The van der Waals surface area contributed by atoms with Crippen LogP contribution < -0.4 is 0 Å². The van der Waals surface area contributed by atoms with Gasteiger partial charge in [0.1, 0.15) is 6.42 Å². The first kappa shape index (κ1) is 12.1. The Kier molecular flexibility index (Phi) is 4.02. The summed E-state index contributed by atoms with van der Waals surface area (Å²) in [5.74, 6) is 0.